The fourth-order valence-corrected chi connectivity index (χ4v) is 1.32. The number of hydrogen-bond acceptors (Lipinski definition) is 3. The van der Waals surface area contributed by atoms with Gasteiger partial charge in [0.1, 0.15) is 0 Å². The molecule has 0 aliphatic heterocycles. The molecule has 0 bridgehead atoms. The molecule has 1 aliphatic carbocycles. The Balaban J connectivity index is 2.25. The highest BCUT2D eigenvalue weighted by Gasteiger charge is 2.21. The number of rotatable bonds is 3. The average Bonchev–Trinajstić information content (AvgIpc) is 2.87. The van der Waals surface area contributed by atoms with Crippen LogP contribution in [-0.4, -0.2) is 22.1 Å². The van der Waals surface area contributed by atoms with Crippen molar-refractivity contribution in [3.8, 4) is 0 Å². The van der Waals surface area contributed by atoms with Gasteiger partial charge in [-0.05, 0) is 31.9 Å². The standard InChI is InChI=1S/C10H12N2O2/c1-6-4-8(12-7-2-3-7)5-9(11-6)10(13)14/h4-5,7H,2-3H2,1H3,(H,11,12)(H,13,14). The van der Waals surface area contributed by atoms with Crippen molar-refractivity contribution in [1.29, 1.82) is 0 Å². The molecule has 1 aromatic heterocycles. The lowest BCUT2D eigenvalue weighted by atomic mass is 10.2. The smallest absolute Gasteiger partial charge is 0.354 e. The van der Waals surface area contributed by atoms with Crippen LogP contribution >= 0.6 is 0 Å². The fourth-order valence-electron chi connectivity index (χ4n) is 1.32. The quantitative estimate of drug-likeness (QED) is 0.764. The molecule has 0 aromatic carbocycles. The van der Waals surface area contributed by atoms with Gasteiger partial charge in [0.2, 0.25) is 0 Å². The summed E-state index contributed by atoms with van der Waals surface area (Å²) >= 11 is 0. The molecule has 2 rings (SSSR count). The highest BCUT2D eigenvalue weighted by molar-refractivity contribution is 5.86. The zero-order valence-electron chi connectivity index (χ0n) is 7.95. The second-order valence-electron chi connectivity index (χ2n) is 3.61. The number of hydrogen-bond donors (Lipinski definition) is 2. The van der Waals surface area contributed by atoms with Crippen molar-refractivity contribution in [1.82, 2.24) is 4.98 Å². The molecule has 1 fully saturated rings. The number of pyridine rings is 1. The summed E-state index contributed by atoms with van der Waals surface area (Å²) in [6.45, 7) is 1.80. The molecule has 0 spiro atoms. The summed E-state index contributed by atoms with van der Waals surface area (Å²) < 4.78 is 0. The largest absolute Gasteiger partial charge is 0.477 e. The number of carboxylic acid groups (broad SMARTS) is 1. The average molecular weight is 192 g/mol. The van der Waals surface area contributed by atoms with Gasteiger partial charge in [0.05, 0.1) is 0 Å². The molecular weight excluding hydrogens is 180 g/mol. The van der Waals surface area contributed by atoms with Crippen LogP contribution in [0.25, 0.3) is 0 Å². The second-order valence-corrected chi connectivity index (χ2v) is 3.61. The number of nitrogens with one attached hydrogen (secondary N) is 1. The monoisotopic (exact) mass is 192 g/mol. The summed E-state index contributed by atoms with van der Waals surface area (Å²) in [5.74, 6) is -0.979. The van der Waals surface area contributed by atoms with Crippen molar-refractivity contribution >= 4 is 11.7 Å². The normalized spacial score (nSPS) is 15.2. The Morgan fingerprint density at radius 2 is 2.29 bits per heavy atom. The Labute approximate surface area is 82.0 Å². The van der Waals surface area contributed by atoms with Gasteiger partial charge in [-0.2, -0.15) is 0 Å². The Morgan fingerprint density at radius 3 is 2.86 bits per heavy atom. The van der Waals surface area contributed by atoms with Gasteiger partial charge in [-0.25, -0.2) is 9.78 Å². The Kier molecular flexibility index (Phi) is 2.11. The van der Waals surface area contributed by atoms with E-state index in [1.165, 1.54) is 12.8 Å². The van der Waals surface area contributed by atoms with Crippen molar-refractivity contribution in [3.05, 3.63) is 23.5 Å². The molecule has 0 radical (unpaired) electrons. The van der Waals surface area contributed by atoms with Crippen LogP contribution in [0.1, 0.15) is 29.0 Å². The number of aromatic nitrogens is 1. The van der Waals surface area contributed by atoms with E-state index in [1.54, 1.807) is 13.0 Å². The van der Waals surface area contributed by atoms with Gasteiger partial charge in [-0.3, -0.25) is 0 Å². The fraction of sp³-hybridized carbons (Fsp3) is 0.400. The van der Waals surface area contributed by atoms with Crippen molar-refractivity contribution in [2.24, 2.45) is 0 Å². The first-order valence-corrected chi connectivity index (χ1v) is 4.63. The molecular formula is C10H12N2O2. The zero-order valence-corrected chi connectivity index (χ0v) is 7.95. The van der Waals surface area contributed by atoms with Crippen LogP contribution in [-0.2, 0) is 0 Å². The summed E-state index contributed by atoms with van der Waals surface area (Å²) in [5, 5.41) is 12.0. The maximum Gasteiger partial charge on any atom is 0.354 e. The van der Waals surface area contributed by atoms with Gasteiger partial charge >= 0.3 is 5.97 Å². The van der Waals surface area contributed by atoms with Gasteiger partial charge in [0, 0.05) is 17.4 Å². The van der Waals surface area contributed by atoms with Gasteiger partial charge < -0.3 is 10.4 Å². The lowest BCUT2D eigenvalue weighted by Crippen LogP contribution is -2.06. The van der Waals surface area contributed by atoms with Crippen LogP contribution in [0, 0.1) is 6.92 Å². The molecule has 4 nitrogen and oxygen atoms in total. The van der Waals surface area contributed by atoms with E-state index in [-0.39, 0.29) is 5.69 Å². The van der Waals surface area contributed by atoms with E-state index in [1.807, 2.05) is 6.07 Å². The number of carboxylic acids is 1. The molecule has 1 aromatic rings. The molecule has 2 N–H and O–H groups in total. The van der Waals surface area contributed by atoms with Gasteiger partial charge in [0.15, 0.2) is 5.69 Å². The summed E-state index contributed by atoms with van der Waals surface area (Å²) in [6.07, 6.45) is 2.34. The number of anilines is 1. The van der Waals surface area contributed by atoms with Crippen LogP contribution in [0.5, 0.6) is 0 Å². The molecule has 0 saturated heterocycles. The van der Waals surface area contributed by atoms with Crippen LogP contribution in [0.4, 0.5) is 5.69 Å². The minimum atomic E-state index is -0.979. The summed E-state index contributed by atoms with van der Waals surface area (Å²) in [4.78, 5) is 14.6. The first kappa shape index (κ1) is 8.99. The van der Waals surface area contributed by atoms with Crippen LogP contribution in [0.2, 0.25) is 0 Å². The second kappa shape index (κ2) is 3.29. The van der Waals surface area contributed by atoms with E-state index in [9.17, 15) is 4.79 Å². The minimum absolute atomic E-state index is 0.105. The predicted octanol–water partition coefficient (Wildman–Crippen LogP) is 1.66. The topological polar surface area (TPSA) is 62.2 Å². The van der Waals surface area contributed by atoms with Crippen LogP contribution < -0.4 is 5.32 Å². The Hall–Kier alpha value is -1.58. The predicted molar refractivity (Wildman–Crippen MR) is 52.6 cm³/mol. The third kappa shape index (κ3) is 2.02. The van der Waals surface area contributed by atoms with Crippen LogP contribution in [0.15, 0.2) is 12.1 Å². The first-order chi connectivity index (χ1) is 6.65. The Bertz CT molecular complexity index is 372. The van der Waals surface area contributed by atoms with Crippen molar-refractivity contribution in [2.45, 2.75) is 25.8 Å². The van der Waals surface area contributed by atoms with Crippen molar-refractivity contribution < 1.29 is 9.90 Å². The summed E-state index contributed by atoms with van der Waals surface area (Å²) in [7, 11) is 0. The SMILES string of the molecule is Cc1cc(NC2CC2)cc(C(=O)O)n1. The van der Waals surface area contributed by atoms with E-state index in [2.05, 4.69) is 10.3 Å². The molecule has 74 valence electrons. The number of aromatic carboxylic acids is 1. The number of nitrogens with zero attached hydrogens (tertiary/aromatic N) is 1. The van der Waals surface area contributed by atoms with E-state index in [4.69, 9.17) is 5.11 Å². The maximum absolute atomic E-state index is 10.7. The minimum Gasteiger partial charge on any atom is -0.477 e. The van der Waals surface area contributed by atoms with Crippen molar-refractivity contribution in [3.63, 3.8) is 0 Å². The molecule has 4 heteroatoms. The van der Waals surface area contributed by atoms with Gasteiger partial charge in [-0.15, -0.1) is 0 Å². The molecule has 1 heterocycles. The maximum atomic E-state index is 10.7. The third-order valence-electron chi connectivity index (χ3n) is 2.12. The Morgan fingerprint density at radius 1 is 1.57 bits per heavy atom. The highest BCUT2D eigenvalue weighted by Crippen LogP contribution is 2.25. The highest BCUT2D eigenvalue weighted by atomic mass is 16.4. The molecule has 1 aliphatic rings. The molecule has 0 unspecified atom stereocenters. The molecule has 14 heavy (non-hydrogen) atoms. The lowest BCUT2D eigenvalue weighted by Gasteiger charge is -2.06. The lowest BCUT2D eigenvalue weighted by molar-refractivity contribution is 0.0690. The molecule has 0 amide bonds. The first-order valence-electron chi connectivity index (χ1n) is 4.63. The van der Waals surface area contributed by atoms with Crippen LogP contribution in [0.3, 0.4) is 0 Å². The molecule has 1 saturated carbocycles. The number of aryl methyl sites for hydroxylation is 1. The van der Waals surface area contributed by atoms with Gasteiger partial charge in [0.25, 0.3) is 0 Å². The van der Waals surface area contributed by atoms with E-state index in [0.717, 1.165) is 11.4 Å². The zero-order chi connectivity index (χ0) is 10.1. The third-order valence-corrected chi connectivity index (χ3v) is 2.12. The van der Waals surface area contributed by atoms with E-state index < -0.39 is 5.97 Å². The number of carbonyl (C=O) groups is 1. The summed E-state index contributed by atoms with van der Waals surface area (Å²) in [5.41, 5.74) is 1.69. The summed E-state index contributed by atoms with van der Waals surface area (Å²) in [6, 6.07) is 3.97. The van der Waals surface area contributed by atoms with Gasteiger partial charge in [-0.1, -0.05) is 0 Å². The van der Waals surface area contributed by atoms with E-state index >= 15 is 0 Å². The van der Waals surface area contributed by atoms with E-state index in [0.29, 0.717) is 6.04 Å². The molecule has 0 atom stereocenters. The van der Waals surface area contributed by atoms with Crippen molar-refractivity contribution in [2.75, 3.05) is 5.32 Å².